The van der Waals surface area contributed by atoms with E-state index in [1.807, 2.05) is 26.0 Å². The topological polar surface area (TPSA) is 0 Å². The maximum atomic E-state index is 5.70. The van der Waals surface area contributed by atoms with Gasteiger partial charge in [0, 0.05) is 0 Å². The molecule has 2 aliphatic rings. The van der Waals surface area contributed by atoms with E-state index in [4.69, 9.17) is 46.4 Å². The third kappa shape index (κ3) is 12.7. The standard InChI is InChI=1S/C21H25.2C7H5Cl2.C5H5.CH2.Zr/c1-20(2,3)16-9-7-14-11-15-8-10-17(21(4,5)6)13-19(15)18(14)12-16;2*1-5-2-3-6(8)4-7(5)9;1-2-4-5-3-1;;/h7,9-10,12-13H,11H2,1-6H3;2*3-4H,1H3;1-3H,4H2;1H2;/q4*-1;;. The molecule has 0 aliphatic heterocycles. The van der Waals surface area contributed by atoms with E-state index >= 15 is 0 Å². The summed E-state index contributed by atoms with van der Waals surface area (Å²) < 4.78 is 3.34. The summed E-state index contributed by atoms with van der Waals surface area (Å²) in [6.07, 6.45) is 11.0. The third-order valence-electron chi connectivity index (χ3n) is 7.21. The first-order valence-electron chi connectivity index (χ1n) is 15.0. The summed E-state index contributed by atoms with van der Waals surface area (Å²) in [5.74, 6) is 0. The Balaban J connectivity index is 0.000000243. The molecular formula is C41H42Cl4Zr-4. The van der Waals surface area contributed by atoms with E-state index in [1.165, 1.54) is 57.6 Å². The summed E-state index contributed by atoms with van der Waals surface area (Å²) in [5.41, 5.74) is 10.6. The maximum absolute atomic E-state index is 5.70. The second kappa shape index (κ2) is 18.7. The molecule has 0 saturated heterocycles. The van der Waals surface area contributed by atoms with E-state index in [2.05, 4.69) is 106 Å². The van der Waals surface area contributed by atoms with Gasteiger partial charge in [0.15, 0.2) is 0 Å². The van der Waals surface area contributed by atoms with Crippen LogP contribution in [0.1, 0.15) is 81.3 Å². The molecule has 0 nitrogen and oxygen atoms in total. The summed E-state index contributed by atoms with van der Waals surface area (Å²) >= 11 is 23.9. The van der Waals surface area contributed by atoms with Crippen molar-refractivity contribution in [2.24, 2.45) is 0 Å². The van der Waals surface area contributed by atoms with E-state index in [-0.39, 0.29) is 10.8 Å². The Labute approximate surface area is 313 Å². The number of aryl methyl sites for hydroxylation is 2. The second-order valence-electron chi connectivity index (χ2n) is 12.9. The summed E-state index contributed by atoms with van der Waals surface area (Å²) in [7, 11) is 0. The van der Waals surface area contributed by atoms with Gasteiger partial charge in [-0.2, -0.15) is 106 Å². The molecule has 0 atom stereocenters. The molecule has 0 N–H and O–H groups in total. The molecule has 0 spiro atoms. The van der Waals surface area contributed by atoms with Gasteiger partial charge in [0.2, 0.25) is 0 Å². The van der Waals surface area contributed by atoms with E-state index < -0.39 is 0 Å². The first-order chi connectivity index (χ1) is 21.6. The van der Waals surface area contributed by atoms with Crippen LogP contribution in [0, 0.1) is 38.1 Å². The molecule has 2 aliphatic carbocycles. The fraction of sp³-hybridized carbons (Fsp3) is 0.293. The van der Waals surface area contributed by atoms with Gasteiger partial charge in [-0.15, -0.1) is 35.2 Å². The Morgan fingerprint density at radius 1 is 0.674 bits per heavy atom. The molecule has 0 amide bonds. The summed E-state index contributed by atoms with van der Waals surface area (Å²) in [4.78, 5) is 0. The number of rotatable bonds is 0. The first-order valence-corrected chi connectivity index (χ1v) is 18.2. The van der Waals surface area contributed by atoms with E-state index in [0.717, 1.165) is 24.0 Å². The molecule has 46 heavy (non-hydrogen) atoms. The van der Waals surface area contributed by atoms with Gasteiger partial charge in [-0.3, -0.25) is 6.08 Å². The van der Waals surface area contributed by atoms with Crippen LogP contribution in [0.4, 0.5) is 0 Å². The van der Waals surface area contributed by atoms with E-state index in [9.17, 15) is 0 Å². The number of allylic oxidation sites excluding steroid dienone is 4. The predicted octanol–water partition coefficient (Wildman–Crippen LogP) is 13.1. The second-order valence-corrected chi connectivity index (χ2v) is 14.6. The van der Waals surface area contributed by atoms with Crippen molar-refractivity contribution in [1.29, 1.82) is 0 Å². The Kier molecular flexibility index (Phi) is 16.5. The fourth-order valence-corrected chi connectivity index (χ4v) is 5.14. The molecule has 0 heterocycles. The zero-order valence-electron chi connectivity index (χ0n) is 28.1. The van der Waals surface area contributed by atoms with Crippen LogP contribution >= 0.6 is 46.4 Å². The minimum absolute atomic E-state index is 0.177. The molecule has 0 aromatic heterocycles. The van der Waals surface area contributed by atoms with Gasteiger partial charge >= 0.3 is 28.4 Å². The summed E-state index contributed by atoms with van der Waals surface area (Å²) in [6, 6.07) is 27.7. The van der Waals surface area contributed by atoms with Gasteiger partial charge in [0.05, 0.1) is 0 Å². The van der Waals surface area contributed by atoms with Gasteiger partial charge in [0.1, 0.15) is 0 Å². The molecule has 242 valence electrons. The van der Waals surface area contributed by atoms with Gasteiger partial charge in [0.25, 0.3) is 0 Å². The van der Waals surface area contributed by atoms with Crippen LogP contribution in [-0.4, -0.2) is 4.21 Å². The average molecular weight is 768 g/mol. The number of hydrogen-bond acceptors (Lipinski definition) is 0. The Hall–Kier alpha value is -1.73. The van der Waals surface area contributed by atoms with Crippen molar-refractivity contribution >= 4 is 50.6 Å². The summed E-state index contributed by atoms with van der Waals surface area (Å²) in [5, 5.41) is 2.60. The van der Waals surface area contributed by atoms with Crippen molar-refractivity contribution in [1.82, 2.24) is 0 Å². The van der Waals surface area contributed by atoms with Crippen LogP contribution in [0.5, 0.6) is 0 Å². The van der Waals surface area contributed by atoms with Crippen molar-refractivity contribution < 1.29 is 24.2 Å². The molecule has 0 bridgehead atoms. The number of halogens is 4. The Bertz CT molecular complexity index is 1530. The van der Waals surface area contributed by atoms with Gasteiger partial charge < -0.3 is 0 Å². The Morgan fingerprint density at radius 2 is 1.20 bits per heavy atom. The Morgan fingerprint density at radius 3 is 1.59 bits per heavy atom. The quantitative estimate of drug-likeness (QED) is 0.138. The molecule has 4 aromatic carbocycles. The van der Waals surface area contributed by atoms with Crippen molar-refractivity contribution in [3.8, 4) is 11.1 Å². The monoisotopic (exact) mass is 764 g/mol. The van der Waals surface area contributed by atoms with Crippen molar-refractivity contribution in [3.05, 3.63) is 151 Å². The van der Waals surface area contributed by atoms with Crippen molar-refractivity contribution in [3.63, 3.8) is 0 Å². The molecule has 5 heteroatoms. The SMILES string of the molecule is CC(C)(C)c1c[c-]c2c(c1)-c1cc(C(C)(C)C)ccc1C2.Cc1[c-]cc(Cl)cc1Cl.Cc1[c-]cc(Cl)cc1Cl.[C-]1=CC=CC1.[CH2]=[Zr]. The third-order valence-corrected chi connectivity index (χ3v) is 8.43. The number of benzene rings is 4. The van der Waals surface area contributed by atoms with Gasteiger partial charge in [-0.05, 0) is 17.4 Å². The van der Waals surface area contributed by atoms with Crippen molar-refractivity contribution in [2.45, 2.75) is 79.1 Å². The van der Waals surface area contributed by atoms with Crippen LogP contribution in [0.2, 0.25) is 20.1 Å². The molecule has 0 fully saturated rings. The normalized spacial score (nSPS) is 12.2. The van der Waals surface area contributed by atoms with Crippen LogP contribution in [0.25, 0.3) is 11.1 Å². The van der Waals surface area contributed by atoms with Crippen LogP contribution < -0.4 is 0 Å². The first kappa shape index (κ1) is 40.4. The van der Waals surface area contributed by atoms with E-state index in [1.54, 1.807) is 24.3 Å². The number of hydrogen-bond donors (Lipinski definition) is 0. The zero-order valence-corrected chi connectivity index (χ0v) is 33.5. The molecular weight excluding hydrogens is 725 g/mol. The molecule has 0 saturated carbocycles. The number of fused-ring (bicyclic) bond motifs is 3. The van der Waals surface area contributed by atoms with Gasteiger partial charge in [-0.25, -0.2) is 12.2 Å². The van der Waals surface area contributed by atoms with Crippen LogP contribution in [0.3, 0.4) is 0 Å². The summed E-state index contributed by atoms with van der Waals surface area (Å²) in [6.45, 7) is 17.4. The fourth-order valence-electron chi connectivity index (χ4n) is 4.36. The molecule has 0 radical (unpaired) electrons. The molecule has 6 rings (SSSR count). The van der Waals surface area contributed by atoms with Crippen LogP contribution in [0.15, 0.2) is 72.8 Å². The zero-order chi connectivity index (χ0) is 34.7. The minimum atomic E-state index is 0.177. The molecule has 0 unspecified atom stereocenters. The molecule has 4 aromatic rings. The van der Waals surface area contributed by atoms with E-state index in [0.29, 0.717) is 20.1 Å². The predicted molar refractivity (Wildman–Crippen MR) is 200 cm³/mol. The van der Waals surface area contributed by atoms with Crippen molar-refractivity contribution in [2.75, 3.05) is 0 Å². The van der Waals surface area contributed by atoms with Gasteiger partial charge in [-0.1, -0.05) is 110 Å². The van der Waals surface area contributed by atoms with Crippen LogP contribution in [-0.2, 0) is 41.5 Å². The average Bonchev–Trinajstić information content (AvgIpc) is 3.70.